The standard InChI is InChI=1S/C49H45ClN6O6/c1-48(2)46(49(3,4)47(48)62-35-13-11-31(26-51)39(50)25-35)55-27-32-23-30(10-14-36(32)43(55)59)9-8-29-18-21-53(22-19-29)34-7-5-6-20-54(28-34)33-12-15-37-38(24-33)45(61)56(44(37)60)40-16-17-41(57)52-42(40)58/h5-7,10-15,20,23-25,28-29,40,46-47H,16-19,21-22,27H2,1-4H3,(H,52,57,58). The summed E-state index contributed by atoms with van der Waals surface area (Å²) in [5, 5.41) is 11.9. The van der Waals surface area contributed by atoms with Gasteiger partial charge in [-0.15, -0.1) is 0 Å². The second kappa shape index (κ2) is 15.4. The van der Waals surface area contributed by atoms with Crippen molar-refractivity contribution in [3.8, 4) is 23.7 Å². The van der Waals surface area contributed by atoms with E-state index >= 15 is 0 Å². The number of rotatable bonds is 6. The first-order chi connectivity index (χ1) is 29.6. The number of imide groups is 2. The van der Waals surface area contributed by atoms with Crippen molar-refractivity contribution < 1.29 is 28.7 Å². The number of allylic oxidation sites excluding steroid dienone is 3. The molecule has 5 aliphatic heterocycles. The molecule has 0 radical (unpaired) electrons. The van der Waals surface area contributed by atoms with Crippen LogP contribution in [-0.2, 0) is 16.1 Å². The molecule has 0 spiro atoms. The number of benzene rings is 3. The summed E-state index contributed by atoms with van der Waals surface area (Å²) in [6.07, 6.45) is 11.5. The van der Waals surface area contributed by atoms with Gasteiger partial charge in [0.2, 0.25) is 11.8 Å². The monoisotopic (exact) mass is 848 g/mol. The number of carbonyl (C=O) groups excluding carboxylic acids is 5. The molecule has 0 aromatic heterocycles. The van der Waals surface area contributed by atoms with Gasteiger partial charge >= 0.3 is 0 Å². The molecule has 314 valence electrons. The summed E-state index contributed by atoms with van der Waals surface area (Å²) in [6, 6.07) is 17.1. The summed E-state index contributed by atoms with van der Waals surface area (Å²) in [5.74, 6) is 5.61. The van der Waals surface area contributed by atoms with Gasteiger partial charge < -0.3 is 19.4 Å². The van der Waals surface area contributed by atoms with Gasteiger partial charge in [-0.3, -0.25) is 34.2 Å². The molecule has 0 bridgehead atoms. The van der Waals surface area contributed by atoms with Crippen molar-refractivity contribution in [3.05, 3.63) is 129 Å². The normalized spacial score (nSPS) is 23.8. The van der Waals surface area contributed by atoms with Gasteiger partial charge in [-0.1, -0.05) is 57.2 Å². The van der Waals surface area contributed by atoms with E-state index in [1.807, 2.05) is 46.5 Å². The zero-order valence-corrected chi connectivity index (χ0v) is 35.7. The van der Waals surface area contributed by atoms with E-state index in [9.17, 15) is 29.2 Å². The average Bonchev–Trinajstić information content (AvgIpc) is 3.53. The fraction of sp³-hybridized carbons (Fsp3) is 0.347. The highest BCUT2D eigenvalue weighted by Crippen LogP contribution is 2.59. The minimum absolute atomic E-state index is 0.0183. The van der Waals surface area contributed by atoms with Crippen LogP contribution >= 0.6 is 11.6 Å². The Kier molecular flexibility index (Phi) is 10.1. The van der Waals surface area contributed by atoms with Gasteiger partial charge in [0.05, 0.1) is 27.4 Å². The lowest BCUT2D eigenvalue weighted by atomic mass is 9.49. The molecule has 3 aromatic rings. The number of piperidine rings is 2. The van der Waals surface area contributed by atoms with Crippen LogP contribution in [0.4, 0.5) is 5.69 Å². The van der Waals surface area contributed by atoms with Crippen LogP contribution in [-0.4, -0.2) is 75.5 Å². The average molecular weight is 849 g/mol. The summed E-state index contributed by atoms with van der Waals surface area (Å²) in [4.78, 5) is 72.0. The molecule has 9 rings (SSSR count). The van der Waals surface area contributed by atoms with Crippen LogP contribution in [0.25, 0.3) is 0 Å². The maximum atomic E-state index is 13.9. The number of anilines is 1. The Labute approximate surface area is 365 Å². The highest BCUT2D eigenvalue weighted by atomic mass is 35.5. The topological polar surface area (TPSA) is 143 Å². The van der Waals surface area contributed by atoms with Crippen molar-refractivity contribution in [3.63, 3.8) is 0 Å². The van der Waals surface area contributed by atoms with Crippen molar-refractivity contribution in [2.75, 3.05) is 18.0 Å². The van der Waals surface area contributed by atoms with Crippen LogP contribution in [0.3, 0.4) is 0 Å². The van der Waals surface area contributed by atoms with Crippen LogP contribution in [0.15, 0.2) is 90.9 Å². The predicted molar refractivity (Wildman–Crippen MR) is 231 cm³/mol. The molecule has 6 aliphatic rings. The van der Waals surface area contributed by atoms with Crippen LogP contribution in [0.2, 0.25) is 5.02 Å². The summed E-state index contributed by atoms with van der Waals surface area (Å²) in [6.45, 7) is 10.6. The number of carbonyl (C=O) groups is 5. The quantitative estimate of drug-likeness (QED) is 0.206. The van der Waals surface area contributed by atoms with E-state index in [0.717, 1.165) is 47.7 Å². The van der Waals surface area contributed by atoms with Crippen molar-refractivity contribution in [2.24, 2.45) is 16.7 Å². The van der Waals surface area contributed by atoms with Gasteiger partial charge in [0.25, 0.3) is 17.7 Å². The third kappa shape index (κ3) is 6.93. The first kappa shape index (κ1) is 40.8. The van der Waals surface area contributed by atoms with E-state index in [-0.39, 0.29) is 58.8 Å². The number of nitrogens with zero attached hydrogens (tertiary/aromatic N) is 5. The van der Waals surface area contributed by atoms with Crippen molar-refractivity contribution >= 4 is 46.8 Å². The number of amides is 5. The fourth-order valence-electron chi connectivity index (χ4n) is 10.6. The molecule has 13 heteroatoms. The van der Waals surface area contributed by atoms with Crippen LogP contribution in [0.1, 0.15) is 101 Å². The first-order valence-corrected chi connectivity index (χ1v) is 21.3. The highest BCUT2D eigenvalue weighted by molar-refractivity contribution is 6.31. The van der Waals surface area contributed by atoms with Crippen molar-refractivity contribution in [2.45, 2.75) is 78.1 Å². The lowest BCUT2D eigenvalue weighted by molar-refractivity contribution is -0.199. The first-order valence-electron chi connectivity index (χ1n) is 20.9. The van der Waals surface area contributed by atoms with E-state index in [4.69, 9.17) is 16.3 Å². The highest BCUT2D eigenvalue weighted by Gasteiger charge is 2.67. The molecule has 1 saturated carbocycles. The van der Waals surface area contributed by atoms with Crippen LogP contribution in [0.5, 0.6) is 5.75 Å². The minimum Gasteiger partial charge on any atom is -0.489 e. The van der Waals surface area contributed by atoms with E-state index in [0.29, 0.717) is 34.1 Å². The Bertz CT molecular complexity index is 2660. The minimum atomic E-state index is -1.02. The van der Waals surface area contributed by atoms with Crippen molar-refractivity contribution in [1.82, 2.24) is 20.0 Å². The lowest BCUT2D eigenvalue weighted by Crippen LogP contribution is -2.74. The van der Waals surface area contributed by atoms with E-state index in [1.54, 1.807) is 36.4 Å². The van der Waals surface area contributed by atoms with Gasteiger partial charge in [-0.05, 0) is 85.5 Å². The number of fused-ring (bicyclic) bond motifs is 2. The van der Waals surface area contributed by atoms with Gasteiger partial charge in [-0.2, -0.15) is 5.26 Å². The molecule has 5 amide bonds. The molecule has 12 nitrogen and oxygen atoms in total. The predicted octanol–water partition coefficient (Wildman–Crippen LogP) is 6.95. The van der Waals surface area contributed by atoms with Crippen molar-refractivity contribution in [1.29, 1.82) is 5.26 Å². The summed E-state index contributed by atoms with van der Waals surface area (Å²) < 4.78 is 6.48. The Hall–Kier alpha value is -6.63. The molecule has 1 atom stereocenters. The summed E-state index contributed by atoms with van der Waals surface area (Å²) >= 11 is 6.30. The number of nitriles is 1. The van der Waals surface area contributed by atoms with Crippen LogP contribution < -0.4 is 15.0 Å². The molecular weight excluding hydrogens is 804 g/mol. The summed E-state index contributed by atoms with van der Waals surface area (Å²) in [5.41, 5.74) is 4.40. The van der Waals surface area contributed by atoms with E-state index < -0.39 is 29.7 Å². The second-order valence-corrected chi connectivity index (χ2v) is 18.4. The third-order valence-electron chi connectivity index (χ3n) is 13.2. The maximum absolute atomic E-state index is 13.9. The number of hydrogen-bond donors (Lipinski definition) is 1. The van der Waals surface area contributed by atoms with E-state index in [2.05, 4.69) is 68.0 Å². The Morgan fingerprint density at radius 1 is 0.839 bits per heavy atom. The SMILES string of the molecule is CC1(C)C(Oc2ccc(C#N)c(Cl)c2)C(C)(C)C1N1Cc2cc(C#CC3CCN(C4=CN(c5ccc6c(c5)C(=O)N(C5CCC(=O)NC5=O)C6=O)C=CC=C4)CC3)ccc2C1=O. The number of halogens is 1. The van der Waals surface area contributed by atoms with Crippen LogP contribution in [0, 0.1) is 39.9 Å². The van der Waals surface area contributed by atoms with Gasteiger partial charge in [-0.25, -0.2) is 0 Å². The van der Waals surface area contributed by atoms with Gasteiger partial charge in [0, 0.05) is 84.1 Å². The molecule has 2 saturated heterocycles. The molecule has 1 N–H and O–H groups in total. The fourth-order valence-corrected chi connectivity index (χ4v) is 10.8. The molecular formula is C49H45ClN6O6. The molecule has 3 fully saturated rings. The largest absolute Gasteiger partial charge is 0.489 e. The second-order valence-electron chi connectivity index (χ2n) is 18.0. The summed E-state index contributed by atoms with van der Waals surface area (Å²) in [7, 11) is 0. The Morgan fingerprint density at radius 2 is 1.58 bits per heavy atom. The van der Waals surface area contributed by atoms with E-state index in [1.165, 1.54) is 0 Å². The molecule has 5 heterocycles. The smallest absolute Gasteiger partial charge is 0.262 e. The number of hydrogen-bond acceptors (Lipinski definition) is 9. The number of ether oxygens (including phenoxy) is 1. The number of likely N-dealkylation sites (tertiary alicyclic amines) is 1. The lowest BCUT2D eigenvalue weighted by Gasteiger charge is -2.65. The molecule has 3 aromatic carbocycles. The molecule has 1 aliphatic carbocycles. The maximum Gasteiger partial charge on any atom is 0.262 e. The Balaban J connectivity index is 0.829. The van der Waals surface area contributed by atoms with Gasteiger partial charge in [0.15, 0.2) is 0 Å². The molecule has 62 heavy (non-hydrogen) atoms. The Morgan fingerprint density at radius 3 is 2.31 bits per heavy atom. The zero-order valence-electron chi connectivity index (χ0n) is 34.9. The zero-order chi connectivity index (χ0) is 43.7. The van der Waals surface area contributed by atoms with Gasteiger partial charge in [0.1, 0.15) is 24.0 Å². The third-order valence-corrected chi connectivity index (χ3v) is 13.5. The number of nitrogens with one attached hydrogen (secondary N) is 1. The molecule has 1 unspecified atom stereocenters.